The Labute approximate surface area is 303 Å². The second-order valence-corrected chi connectivity index (χ2v) is 12.4. The van der Waals surface area contributed by atoms with Crippen molar-refractivity contribution in [3.8, 4) is 0 Å². The first-order chi connectivity index (χ1) is 25.0. The van der Waals surface area contributed by atoms with Gasteiger partial charge in [-0.3, -0.25) is 19.2 Å². The molecule has 1 saturated heterocycles. The van der Waals surface area contributed by atoms with Gasteiger partial charge in [-0.15, -0.1) is 0 Å². The molecule has 52 heavy (non-hydrogen) atoms. The van der Waals surface area contributed by atoms with Crippen LogP contribution in [-0.2, 0) is 49.5 Å². The Morgan fingerprint density at radius 2 is 1.65 bits per heavy atom. The maximum Gasteiger partial charge on any atom is 0.417 e. The SMILES string of the molecule is CO[C@@H](C(=O)N1C(=O)O[C@@H](c2ccccc2)[C@H]1C)[C@@H](OC(C)=O)C(=O)C=C(C(=O)CCCOC[C@@H](CO)OCc1ccccc1)c1cccc(C)c1. The molecule has 1 aliphatic rings. The highest BCUT2D eigenvalue weighted by Crippen LogP contribution is 2.33. The zero-order chi connectivity index (χ0) is 37.6. The van der Waals surface area contributed by atoms with Crippen molar-refractivity contribution >= 4 is 35.1 Å². The van der Waals surface area contributed by atoms with E-state index >= 15 is 0 Å². The Kier molecular flexibility index (Phi) is 15.0. The maximum absolute atomic E-state index is 13.9. The van der Waals surface area contributed by atoms with Crippen molar-refractivity contribution in [2.45, 2.75) is 70.7 Å². The van der Waals surface area contributed by atoms with Crippen LogP contribution < -0.4 is 0 Å². The molecule has 12 nitrogen and oxygen atoms in total. The van der Waals surface area contributed by atoms with Crippen LogP contribution in [0, 0.1) is 6.92 Å². The van der Waals surface area contributed by atoms with E-state index in [2.05, 4.69) is 0 Å². The second kappa shape index (κ2) is 19.6. The molecule has 1 aliphatic heterocycles. The van der Waals surface area contributed by atoms with E-state index in [1.54, 1.807) is 55.5 Å². The number of amides is 2. The molecule has 0 aromatic heterocycles. The van der Waals surface area contributed by atoms with Crippen molar-refractivity contribution in [3.05, 3.63) is 113 Å². The van der Waals surface area contributed by atoms with Crippen LogP contribution in [0.15, 0.2) is 91.0 Å². The van der Waals surface area contributed by atoms with Crippen molar-refractivity contribution in [2.75, 3.05) is 26.9 Å². The number of cyclic esters (lactones) is 1. The van der Waals surface area contributed by atoms with Crippen molar-refractivity contribution in [2.24, 2.45) is 0 Å². The highest BCUT2D eigenvalue weighted by Gasteiger charge is 2.48. The van der Waals surface area contributed by atoms with E-state index in [1.807, 2.05) is 43.3 Å². The number of carbonyl (C=O) groups is 5. The van der Waals surface area contributed by atoms with E-state index in [9.17, 15) is 29.1 Å². The molecule has 3 aromatic rings. The number of aliphatic hydroxyl groups excluding tert-OH is 1. The number of ketones is 2. The minimum Gasteiger partial charge on any atom is -0.451 e. The third kappa shape index (κ3) is 10.8. The number of Topliss-reactive ketones (excluding diaryl/α,β-unsaturated/α-hetero) is 1. The number of methoxy groups -OCH3 is 1. The van der Waals surface area contributed by atoms with Gasteiger partial charge in [0, 0.05) is 32.6 Å². The van der Waals surface area contributed by atoms with Crippen LogP contribution in [0.4, 0.5) is 4.79 Å². The number of allylic oxidation sites excluding steroid dienone is 1. The predicted molar refractivity (Wildman–Crippen MR) is 190 cm³/mol. The summed E-state index contributed by atoms with van der Waals surface area (Å²) >= 11 is 0. The summed E-state index contributed by atoms with van der Waals surface area (Å²) in [6, 6.07) is 24.6. The van der Waals surface area contributed by atoms with Crippen LogP contribution in [0.3, 0.4) is 0 Å². The summed E-state index contributed by atoms with van der Waals surface area (Å²) in [4.78, 5) is 67.5. The average Bonchev–Trinajstić information content (AvgIpc) is 3.44. The molecule has 5 atom stereocenters. The molecule has 0 radical (unpaired) electrons. The van der Waals surface area contributed by atoms with Crippen LogP contribution in [0.1, 0.15) is 55.0 Å². The van der Waals surface area contributed by atoms with Gasteiger partial charge in [0.25, 0.3) is 5.91 Å². The predicted octanol–water partition coefficient (Wildman–Crippen LogP) is 4.95. The van der Waals surface area contributed by atoms with Gasteiger partial charge >= 0.3 is 12.1 Å². The molecule has 1 N–H and O–H groups in total. The fourth-order valence-electron chi connectivity index (χ4n) is 5.77. The van der Waals surface area contributed by atoms with Crippen molar-refractivity contribution < 1.29 is 52.8 Å². The van der Waals surface area contributed by atoms with Gasteiger partial charge in [-0.1, -0.05) is 90.5 Å². The molecule has 0 unspecified atom stereocenters. The zero-order valence-corrected chi connectivity index (χ0v) is 29.8. The van der Waals surface area contributed by atoms with E-state index in [0.29, 0.717) is 17.7 Å². The monoisotopic (exact) mass is 715 g/mol. The summed E-state index contributed by atoms with van der Waals surface area (Å²) in [5.41, 5.74) is 2.93. The minimum absolute atomic E-state index is 0.00933. The number of nitrogens with zero attached hydrogens (tertiary/aromatic N) is 1. The number of ether oxygens (including phenoxy) is 5. The topological polar surface area (TPSA) is 155 Å². The van der Waals surface area contributed by atoms with Gasteiger partial charge in [-0.2, -0.15) is 0 Å². The quantitative estimate of drug-likeness (QED) is 0.102. The fourth-order valence-corrected chi connectivity index (χ4v) is 5.77. The lowest BCUT2D eigenvalue weighted by atomic mass is 9.94. The summed E-state index contributed by atoms with van der Waals surface area (Å²) in [5.74, 6) is -3.11. The van der Waals surface area contributed by atoms with E-state index in [1.165, 1.54) is 0 Å². The lowest BCUT2D eigenvalue weighted by Crippen LogP contribution is -2.52. The normalized spacial score (nSPS) is 17.6. The average molecular weight is 716 g/mol. The van der Waals surface area contributed by atoms with Gasteiger partial charge in [0.05, 0.1) is 25.9 Å². The van der Waals surface area contributed by atoms with Gasteiger partial charge in [0.15, 0.2) is 23.8 Å². The van der Waals surface area contributed by atoms with Gasteiger partial charge in [0.2, 0.25) is 0 Å². The fraction of sp³-hybridized carbons (Fsp3) is 0.375. The molecule has 1 fully saturated rings. The highest BCUT2D eigenvalue weighted by atomic mass is 16.6. The first kappa shape index (κ1) is 39.8. The molecule has 12 heteroatoms. The molecule has 3 aromatic carbocycles. The number of hydrogen-bond donors (Lipinski definition) is 1. The molecule has 0 saturated carbocycles. The number of hydrogen-bond acceptors (Lipinski definition) is 11. The van der Waals surface area contributed by atoms with Crippen LogP contribution in [0.5, 0.6) is 0 Å². The van der Waals surface area contributed by atoms with Crippen LogP contribution in [0.2, 0.25) is 0 Å². The number of rotatable bonds is 19. The number of imide groups is 1. The summed E-state index contributed by atoms with van der Waals surface area (Å²) in [6.45, 7) is 4.88. The summed E-state index contributed by atoms with van der Waals surface area (Å²) < 4.78 is 27.7. The lowest BCUT2D eigenvalue weighted by Gasteiger charge is -2.27. The summed E-state index contributed by atoms with van der Waals surface area (Å²) in [5, 5.41) is 9.71. The summed E-state index contributed by atoms with van der Waals surface area (Å²) in [6.07, 6.45) is -4.51. The number of esters is 1. The lowest BCUT2D eigenvalue weighted by molar-refractivity contribution is -0.166. The van der Waals surface area contributed by atoms with Crippen molar-refractivity contribution in [3.63, 3.8) is 0 Å². The Balaban J connectivity index is 1.48. The van der Waals surface area contributed by atoms with E-state index in [-0.39, 0.29) is 38.2 Å². The number of carbonyl (C=O) groups excluding carboxylic acids is 5. The van der Waals surface area contributed by atoms with E-state index in [0.717, 1.165) is 36.1 Å². The number of aliphatic hydroxyl groups is 1. The van der Waals surface area contributed by atoms with Gasteiger partial charge < -0.3 is 28.8 Å². The first-order valence-electron chi connectivity index (χ1n) is 17.0. The Hall–Kier alpha value is -5.01. The van der Waals surface area contributed by atoms with Crippen LogP contribution in [0.25, 0.3) is 5.57 Å². The zero-order valence-electron chi connectivity index (χ0n) is 29.8. The standard InChI is InChI=1S/C40H45NO11/c1-26-13-11-18-31(21-26)33(34(44)19-12-20-49-25-32(23-42)50-24-29-14-7-5-8-15-29)22-35(45)37(51-28(3)43)38(48-4)39(46)41-27(2)36(52-40(41)47)30-16-9-6-10-17-30/h5-11,13-18,21-22,27,32,36-38,42H,12,19-20,23-25H2,1-4H3/t27-,32-,36-,37+,38-/m1/s1. The smallest absolute Gasteiger partial charge is 0.417 e. The minimum atomic E-state index is -1.83. The molecular formula is C40H45NO11. The Bertz CT molecular complexity index is 1710. The molecule has 0 bridgehead atoms. The largest absolute Gasteiger partial charge is 0.451 e. The first-order valence-corrected chi connectivity index (χ1v) is 17.0. The number of aryl methyl sites for hydroxylation is 1. The molecular weight excluding hydrogens is 670 g/mol. The van der Waals surface area contributed by atoms with E-state index in [4.69, 9.17) is 23.7 Å². The third-order valence-electron chi connectivity index (χ3n) is 8.43. The van der Waals surface area contributed by atoms with Crippen LogP contribution in [-0.4, -0.2) is 90.8 Å². The van der Waals surface area contributed by atoms with Gasteiger partial charge in [0.1, 0.15) is 12.2 Å². The molecule has 276 valence electrons. The maximum atomic E-state index is 13.9. The van der Waals surface area contributed by atoms with Gasteiger partial charge in [-0.05, 0) is 43.0 Å². The van der Waals surface area contributed by atoms with Crippen molar-refractivity contribution in [1.82, 2.24) is 4.90 Å². The number of benzene rings is 3. The highest BCUT2D eigenvalue weighted by molar-refractivity contribution is 6.25. The van der Waals surface area contributed by atoms with Crippen LogP contribution >= 0.6 is 0 Å². The molecule has 4 rings (SSSR count). The summed E-state index contributed by atoms with van der Waals surface area (Å²) in [7, 11) is 1.15. The molecule has 0 aliphatic carbocycles. The molecule has 0 spiro atoms. The van der Waals surface area contributed by atoms with E-state index < -0.39 is 60.0 Å². The second-order valence-electron chi connectivity index (χ2n) is 12.4. The Morgan fingerprint density at radius 1 is 0.962 bits per heavy atom. The van der Waals surface area contributed by atoms with Gasteiger partial charge in [-0.25, -0.2) is 9.69 Å². The Morgan fingerprint density at radius 3 is 2.29 bits per heavy atom. The van der Waals surface area contributed by atoms with Crippen molar-refractivity contribution in [1.29, 1.82) is 0 Å². The third-order valence-corrected chi connectivity index (χ3v) is 8.43. The molecule has 2 amide bonds. The molecule has 1 heterocycles.